The maximum absolute atomic E-state index is 12.4. The topological polar surface area (TPSA) is 67.4 Å². The van der Waals surface area contributed by atoms with E-state index in [2.05, 4.69) is 16.7 Å². The van der Waals surface area contributed by atoms with E-state index >= 15 is 0 Å². The normalized spacial score (nSPS) is 15.4. The predicted octanol–water partition coefficient (Wildman–Crippen LogP) is 4.37. The van der Waals surface area contributed by atoms with Crippen LogP contribution in [0.2, 0.25) is 10.0 Å². The lowest BCUT2D eigenvalue weighted by Gasteiger charge is -2.38. The molecule has 0 radical (unpaired) electrons. The summed E-state index contributed by atoms with van der Waals surface area (Å²) in [6, 6.07) is 14.5. The van der Waals surface area contributed by atoms with E-state index < -0.39 is 0 Å². The second-order valence-corrected chi connectivity index (χ2v) is 8.42. The Morgan fingerprint density at radius 2 is 1.70 bits per heavy atom. The highest BCUT2D eigenvalue weighted by molar-refractivity contribution is 6.30. The Balaban J connectivity index is 1.45. The van der Waals surface area contributed by atoms with Crippen molar-refractivity contribution < 1.29 is 14.3 Å². The van der Waals surface area contributed by atoms with Gasteiger partial charge in [0.1, 0.15) is 0 Å². The van der Waals surface area contributed by atoms with E-state index in [-0.39, 0.29) is 17.2 Å². The number of carbonyl (C=O) groups is 2. The fourth-order valence-electron chi connectivity index (χ4n) is 3.66. The number of hydrogen-bond donors (Lipinski definition) is 2. The lowest BCUT2D eigenvalue weighted by Crippen LogP contribution is -2.44. The lowest BCUT2D eigenvalue weighted by molar-refractivity contribution is -0.121. The second-order valence-electron chi connectivity index (χ2n) is 7.55. The predicted molar refractivity (Wildman–Crippen MR) is 119 cm³/mol. The van der Waals surface area contributed by atoms with Gasteiger partial charge in [0.15, 0.2) is 0 Å². The molecule has 5 nitrogen and oxygen atoms in total. The van der Waals surface area contributed by atoms with E-state index in [0.29, 0.717) is 54.8 Å². The molecule has 30 heavy (non-hydrogen) atoms. The van der Waals surface area contributed by atoms with E-state index in [1.807, 2.05) is 18.2 Å². The van der Waals surface area contributed by atoms with Crippen molar-refractivity contribution in [3.63, 3.8) is 0 Å². The van der Waals surface area contributed by atoms with Crippen LogP contribution in [0.5, 0.6) is 0 Å². The minimum absolute atomic E-state index is 0.0244. The molecule has 7 heteroatoms. The smallest absolute Gasteiger partial charge is 0.251 e. The first-order valence-corrected chi connectivity index (χ1v) is 10.9. The highest BCUT2D eigenvalue weighted by Crippen LogP contribution is 2.35. The molecule has 0 spiro atoms. The van der Waals surface area contributed by atoms with Crippen LogP contribution in [-0.2, 0) is 14.9 Å². The van der Waals surface area contributed by atoms with Gasteiger partial charge < -0.3 is 15.4 Å². The van der Waals surface area contributed by atoms with Crippen molar-refractivity contribution in [3.8, 4) is 0 Å². The third-order valence-electron chi connectivity index (χ3n) is 5.48. The zero-order chi connectivity index (χ0) is 21.4. The molecule has 0 saturated carbocycles. The van der Waals surface area contributed by atoms with E-state index in [1.54, 1.807) is 24.3 Å². The first-order valence-electron chi connectivity index (χ1n) is 10.1. The van der Waals surface area contributed by atoms with Gasteiger partial charge >= 0.3 is 0 Å². The number of halogens is 2. The molecular formula is C23H26Cl2N2O3. The lowest BCUT2D eigenvalue weighted by atomic mass is 9.74. The van der Waals surface area contributed by atoms with Gasteiger partial charge in [-0.1, -0.05) is 35.3 Å². The molecule has 0 aliphatic carbocycles. The maximum Gasteiger partial charge on any atom is 0.251 e. The summed E-state index contributed by atoms with van der Waals surface area (Å²) < 4.78 is 5.53. The number of rotatable bonds is 8. The Morgan fingerprint density at radius 3 is 2.40 bits per heavy atom. The molecule has 0 bridgehead atoms. The van der Waals surface area contributed by atoms with E-state index in [1.165, 1.54) is 0 Å². The zero-order valence-electron chi connectivity index (χ0n) is 16.8. The highest BCUT2D eigenvalue weighted by Gasteiger charge is 2.34. The highest BCUT2D eigenvalue weighted by atomic mass is 35.5. The minimum atomic E-state index is -0.172. The molecule has 1 aliphatic heterocycles. The van der Waals surface area contributed by atoms with E-state index in [4.69, 9.17) is 27.9 Å². The van der Waals surface area contributed by atoms with Gasteiger partial charge in [-0.25, -0.2) is 0 Å². The van der Waals surface area contributed by atoms with Gasteiger partial charge in [-0.15, -0.1) is 0 Å². The molecule has 160 valence electrons. The molecule has 2 amide bonds. The number of carbonyl (C=O) groups excluding carboxylic acids is 2. The molecule has 1 fully saturated rings. The van der Waals surface area contributed by atoms with Crippen LogP contribution in [0.4, 0.5) is 0 Å². The quantitative estimate of drug-likeness (QED) is 0.589. The van der Waals surface area contributed by atoms with Crippen molar-refractivity contribution in [3.05, 3.63) is 69.7 Å². The summed E-state index contributed by atoms with van der Waals surface area (Å²) in [6.45, 7) is 2.31. The van der Waals surface area contributed by atoms with Gasteiger partial charge in [0.25, 0.3) is 5.91 Å². The van der Waals surface area contributed by atoms with Crippen LogP contribution in [0.25, 0.3) is 0 Å². The molecule has 3 rings (SSSR count). The Morgan fingerprint density at radius 1 is 0.967 bits per heavy atom. The molecule has 1 aliphatic rings. The summed E-state index contributed by atoms with van der Waals surface area (Å²) in [5.41, 5.74) is 1.52. The standard InChI is InChI=1S/C23H26Cl2N2O3/c24-19-8-6-17(7-9-19)22(29)26-12-2-5-21(28)27-16-23(10-13-30-14-11-23)18-3-1-4-20(25)15-18/h1,3-4,6-9,15H,2,5,10-14,16H2,(H,26,29)(H,27,28). The summed E-state index contributed by atoms with van der Waals surface area (Å²) >= 11 is 12.0. The van der Waals surface area contributed by atoms with Crippen LogP contribution in [-0.4, -0.2) is 38.1 Å². The van der Waals surface area contributed by atoms with Crippen LogP contribution in [0, 0.1) is 0 Å². The zero-order valence-corrected chi connectivity index (χ0v) is 18.3. The molecule has 1 saturated heterocycles. The van der Waals surface area contributed by atoms with Crippen molar-refractivity contribution in [2.75, 3.05) is 26.3 Å². The average Bonchev–Trinajstić information content (AvgIpc) is 2.76. The number of benzene rings is 2. The number of ether oxygens (including phenoxy) is 1. The summed E-state index contributed by atoms with van der Waals surface area (Å²) in [6.07, 6.45) is 2.59. The van der Waals surface area contributed by atoms with Gasteiger partial charge in [0.05, 0.1) is 0 Å². The number of amides is 2. The Hall–Kier alpha value is -2.08. The monoisotopic (exact) mass is 448 g/mol. The second kappa shape index (κ2) is 10.8. The SMILES string of the molecule is O=C(CCCNC(=O)c1ccc(Cl)cc1)NCC1(c2cccc(Cl)c2)CCOCC1. The van der Waals surface area contributed by atoms with Gasteiger partial charge in [-0.3, -0.25) is 9.59 Å². The number of hydrogen-bond acceptors (Lipinski definition) is 3. The van der Waals surface area contributed by atoms with Gasteiger partial charge in [0, 0.05) is 53.7 Å². The summed E-state index contributed by atoms with van der Waals surface area (Å²) in [4.78, 5) is 24.5. The van der Waals surface area contributed by atoms with E-state index in [9.17, 15) is 9.59 Å². The Bertz CT molecular complexity index is 865. The largest absolute Gasteiger partial charge is 0.381 e. The van der Waals surface area contributed by atoms with Gasteiger partial charge in [-0.05, 0) is 61.2 Å². The minimum Gasteiger partial charge on any atom is -0.381 e. The fourth-order valence-corrected chi connectivity index (χ4v) is 3.97. The molecule has 2 aromatic carbocycles. The fraction of sp³-hybridized carbons (Fsp3) is 0.391. The van der Waals surface area contributed by atoms with Crippen molar-refractivity contribution in [2.24, 2.45) is 0 Å². The van der Waals surface area contributed by atoms with Crippen LogP contribution >= 0.6 is 23.2 Å². The molecular weight excluding hydrogens is 423 g/mol. The van der Waals surface area contributed by atoms with Gasteiger partial charge in [-0.2, -0.15) is 0 Å². The third kappa shape index (κ3) is 6.21. The van der Waals surface area contributed by atoms with Crippen molar-refractivity contribution in [1.82, 2.24) is 10.6 Å². The summed E-state index contributed by atoms with van der Waals surface area (Å²) in [5.74, 6) is -0.196. The van der Waals surface area contributed by atoms with Crippen LogP contribution < -0.4 is 10.6 Å². The molecule has 1 heterocycles. The first kappa shape index (κ1) is 22.6. The molecule has 2 aromatic rings. The van der Waals surface area contributed by atoms with Crippen LogP contribution in [0.1, 0.15) is 41.6 Å². The van der Waals surface area contributed by atoms with Crippen molar-refractivity contribution in [2.45, 2.75) is 31.1 Å². The summed E-state index contributed by atoms with van der Waals surface area (Å²) in [5, 5.41) is 7.18. The van der Waals surface area contributed by atoms with Crippen molar-refractivity contribution in [1.29, 1.82) is 0 Å². The molecule has 0 unspecified atom stereocenters. The molecule has 0 aromatic heterocycles. The van der Waals surface area contributed by atoms with Crippen molar-refractivity contribution >= 4 is 35.0 Å². The maximum atomic E-state index is 12.4. The third-order valence-corrected chi connectivity index (χ3v) is 5.97. The van der Waals surface area contributed by atoms with Crippen LogP contribution in [0.15, 0.2) is 48.5 Å². The molecule has 2 N–H and O–H groups in total. The number of nitrogens with one attached hydrogen (secondary N) is 2. The van der Waals surface area contributed by atoms with Crippen LogP contribution in [0.3, 0.4) is 0 Å². The summed E-state index contributed by atoms with van der Waals surface area (Å²) in [7, 11) is 0. The Kier molecular flexibility index (Phi) is 8.14. The average molecular weight is 449 g/mol. The van der Waals surface area contributed by atoms with Gasteiger partial charge in [0.2, 0.25) is 5.91 Å². The van der Waals surface area contributed by atoms with E-state index in [0.717, 1.165) is 18.4 Å². The Labute approximate surface area is 187 Å². The molecule has 0 atom stereocenters. The first-order chi connectivity index (χ1) is 14.5.